The zero-order valence-corrected chi connectivity index (χ0v) is 14.0. The van der Waals surface area contributed by atoms with Crippen molar-refractivity contribution in [1.29, 1.82) is 0 Å². The molecule has 1 aromatic heterocycles. The molecule has 0 radical (unpaired) electrons. The summed E-state index contributed by atoms with van der Waals surface area (Å²) in [5, 5.41) is 3.05. The number of ether oxygens (including phenoxy) is 2. The molecule has 0 spiro atoms. The van der Waals surface area contributed by atoms with E-state index in [1.54, 1.807) is 45.2 Å². The normalized spacial score (nSPS) is 10.2. The highest BCUT2D eigenvalue weighted by atomic mass is 32.1. The number of thiophene rings is 1. The molecule has 2 aromatic rings. The molecular weight excluding hydrogens is 316 g/mol. The number of carbonyl (C=O) groups is 2. The molecule has 0 unspecified atom stereocenters. The van der Waals surface area contributed by atoms with Gasteiger partial charge in [-0.3, -0.25) is 4.79 Å². The van der Waals surface area contributed by atoms with Crippen molar-refractivity contribution in [2.45, 2.75) is 13.8 Å². The predicted octanol–water partition coefficient (Wildman–Crippen LogP) is 3.08. The monoisotopic (exact) mass is 334 g/mol. The standard InChI is InChI=1S/C16H18N2O4S/c1-4-22-16(20)12-9(2)13(23-14(12)17)15(19)18-10-5-7-11(21-3)8-6-10/h5-8H,4,17H2,1-3H3,(H,18,19). The lowest BCUT2D eigenvalue weighted by atomic mass is 10.1. The summed E-state index contributed by atoms with van der Waals surface area (Å²) in [6.07, 6.45) is 0. The van der Waals surface area contributed by atoms with E-state index in [0.717, 1.165) is 11.3 Å². The minimum atomic E-state index is -0.512. The number of nitrogen functional groups attached to an aromatic ring is 1. The van der Waals surface area contributed by atoms with Gasteiger partial charge in [0.05, 0.1) is 24.2 Å². The Hall–Kier alpha value is -2.54. The lowest BCUT2D eigenvalue weighted by Gasteiger charge is -2.06. The van der Waals surface area contributed by atoms with Gasteiger partial charge in [0.25, 0.3) is 5.91 Å². The second kappa shape index (κ2) is 7.15. The van der Waals surface area contributed by atoms with Crippen molar-refractivity contribution in [2.24, 2.45) is 0 Å². The van der Waals surface area contributed by atoms with E-state index in [2.05, 4.69) is 5.32 Å². The van der Waals surface area contributed by atoms with E-state index >= 15 is 0 Å². The smallest absolute Gasteiger partial charge is 0.341 e. The number of anilines is 2. The molecule has 1 amide bonds. The third-order valence-electron chi connectivity index (χ3n) is 3.21. The summed E-state index contributed by atoms with van der Waals surface area (Å²) in [7, 11) is 1.57. The number of esters is 1. The van der Waals surface area contributed by atoms with Gasteiger partial charge in [0.1, 0.15) is 10.8 Å². The molecule has 2 rings (SSSR count). The SMILES string of the molecule is CCOC(=O)c1c(N)sc(C(=O)Nc2ccc(OC)cc2)c1C. The Balaban J connectivity index is 2.22. The van der Waals surface area contributed by atoms with Crippen molar-refractivity contribution in [3.8, 4) is 5.75 Å². The number of nitrogens with one attached hydrogen (secondary N) is 1. The molecule has 0 bridgehead atoms. The molecule has 23 heavy (non-hydrogen) atoms. The molecule has 0 aliphatic carbocycles. The van der Waals surface area contributed by atoms with Gasteiger partial charge in [0.15, 0.2) is 0 Å². The zero-order valence-electron chi connectivity index (χ0n) is 13.1. The molecule has 0 fully saturated rings. The van der Waals surface area contributed by atoms with Crippen LogP contribution in [-0.4, -0.2) is 25.6 Å². The van der Waals surface area contributed by atoms with Gasteiger partial charge in [0.2, 0.25) is 0 Å². The number of carbonyl (C=O) groups excluding carboxylic acids is 2. The van der Waals surface area contributed by atoms with Crippen LogP contribution in [0.3, 0.4) is 0 Å². The lowest BCUT2D eigenvalue weighted by Crippen LogP contribution is -2.12. The number of amides is 1. The molecule has 0 atom stereocenters. The molecule has 1 aromatic carbocycles. The first-order chi connectivity index (χ1) is 11.0. The molecule has 0 aliphatic rings. The molecule has 0 saturated heterocycles. The van der Waals surface area contributed by atoms with Crippen LogP contribution in [0.5, 0.6) is 5.75 Å². The van der Waals surface area contributed by atoms with Crippen LogP contribution >= 0.6 is 11.3 Å². The van der Waals surface area contributed by atoms with Crippen LogP contribution in [0.15, 0.2) is 24.3 Å². The Labute approximate surface area is 138 Å². The fourth-order valence-electron chi connectivity index (χ4n) is 2.07. The Morgan fingerprint density at radius 3 is 2.48 bits per heavy atom. The van der Waals surface area contributed by atoms with Gasteiger partial charge in [-0.1, -0.05) is 0 Å². The zero-order chi connectivity index (χ0) is 17.0. The molecule has 1 heterocycles. The Morgan fingerprint density at radius 1 is 1.26 bits per heavy atom. The average Bonchev–Trinajstić information content (AvgIpc) is 2.83. The van der Waals surface area contributed by atoms with Crippen molar-refractivity contribution in [2.75, 3.05) is 24.8 Å². The van der Waals surface area contributed by atoms with Crippen molar-refractivity contribution in [3.63, 3.8) is 0 Å². The molecule has 6 nitrogen and oxygen atoms in total. The Kier molecular flexibility index (Phi) is 5.23. The van der Waals surface area contributed by atoms with E-state index in [1.807, 2.05) is 0 Å². The van der Waals surface area contributed by atoms with Crippen LogP contribution < -0.4 is 15.8 Å². The number of hydrogen-bond donors (Lipinski definition) is 2. The predicted molar refractivity (Wildman–Crippen MR) is 90.4 cm³/mol. The van der Waals surface area contributed by atoms with Crippen LogP contribution in [0.1, 0.15) is 32.5 Å². The summed E-state index contributed by atoms with van der Waals surface area (Å²) in [6.45, 7) is 3.65. The Bertz CT molecular complexity index is 722. The second-order valence-corrected chi connectivity index (χ2v) is 5.75. The average molecular weight is 334 g/mol. The second-order valence-electron chi connectivity index (χ2n) is 4.70. The Morgan fingerprint density at radius 2 is 1.91 bits per heavy atom. The maximum Gasteiger partial charge on any atom is 0.341 e. The van der Waals surface area contributed by atoms with E-state index in [-0.39, 0.29) is 23.1 Å². The van der Waals surface area contributed by atoms with Gasteiger partial charge in [-0.25, -0.2) is 4.79 Å². The molecule has 122 valence electrons. The van der Waals surface area contributed by atoms with Crippen molar-refractivity contribution >= 4 is 33.9 Å². The van der Waals surface area contributed by atoms with Crippen LogP contribution in [0.2, 0.25) is 0 Å². The molecule has 7 heteroatoms. The van der Waals surface area contributed by atoms with Crippen LogP contribution in [-0.2, 0) is 4.74 Å². The highest BCUT2D eigenvalue weighted by Gasteiger charge is 2.24. The first-order valence-corrected chi connectivity index (χ1v) is 7.81. The minimum absolute atomic E-state index is 0.251. The van der Waals surface area contributed by atoms with Gasteiger partial charge in [-0.05, 0) is 43.7 Å². The topological polar surface area (TPSA) is 90.7 Å². The largest absolute Gasteiger partial charge is 0.497 e. The van der Waals surface area contributed by atoms with Crippen molar-refractivity contribution in [1.82, 2.24) is 0 Å². The first-order valence-electron chi connectivity index (χ1n) is 6.99. The molecule has 3 N–H and O–H groups in total. The van der Waals surface area contributed by atoms with E-state index in [1.165, 1.54) is 0 Å². The maximum absolute atomic E-state index is 12.4. The number of nitrogens with two attached hydrogens (primary N) is 1. The maximum atomic E-state index is 12.4. The van der Waals surface area contributed by atoms with Crippen molar-refractivity contribution < 1.29 is 19.1 Å². The molecule has 0 aliphatic heterocycles. The molecular formula is C16H18N2O4S. The summed E-state index contributed by atoms with van der Waals surface area (Å²) in [4.78, 5) is 24.7. The van der Waals surface area contributed by atoms with Crippen LogP contribution in [0.25, 0.3) is 0 Å². The number of rotatable bonds is 5. The lowest BCUT2D eigenvalue weighted by molar-refractivity contribution is 0.0527. The summed E-state index contributed by atoms with van der Waals surface area (Å²) in [6, 6.07) is 6.95. The van der Waals surface area contributed by atoms with Crippen molar-refractivity contribution in [3.05, 3.63) is 40.3 Å². The van der Waals surface area contributed by atoms with Crippen LogP contribution in [0.4, 0.5) is 10.7 Å². The summed E-state index contributed by atoms with van der Waals surface area (Å²) in [5.74, 6) is -0.133. The third-order valence-corrected chi connectivity index (χ3v) is 4.33. The van der Waals surface area contributed by atoms with E-state index in [9.17, 15) is 9.59 Å². The third kappa shape index (κ3) is 3.62. The first kappa shape index (κ1) is 16.8. The number of benzene rings is 1. The van der Waals surface area contributed by atoms with E-state index in [0.29, 0.717) is 21.9 Å². The fourth-order valence-corrected chi connectivity index (χ4v) is 3.03. The van der Waals surface area contributed by atoms with Crippen LogP contribution in [0, 0.1) is 6.92 Å². The van der Waals surface area contributed by atoms with E-state index in [4.69, 9.17) is 15.2 Å². The number of methoxy groups -OCH3 is 1. The van der Waals surface area contributed by atoms with Gasteiger partial charge >= 0.3 is 5.97 Å². The molecule has 0 saturated carbocycles. The highest BCUT2D eigenvalue weighted by molar-refractivity contribution is 7.18. The minimum Gasteiger partial charge on any atom is -0.497 e. The summed E-state index contributed by atoms with van der Waals surface area (Å²) >= 11 is 1.07. The van der Waals surface area contributed by atoms with E-state index < -0.39 is 5.97 Å². The highest BCUT2D eigenvalue weighted by Crippen LogP contribution is 2.31. The quantitative estimate of drug-likeness (QED) is 0.820. The van der Waals surface area contributed by atoms with Gasteiger partial charge in [0, 0.05) is 5.69 Å². The van der Waals surface area contributed by atoms with Gasteiger partial charge in [-0.2, -0.15) is 0 Å². The summed E-state index contributed by atoms with van der Waals surface area (Å²) < 4.78 is 10.0. The fraction of sp³-hybridized carbons (Fsp3) is 0.250. The van der Waals surface area contributed by atoms with Gasteiger partial charge < -0.3 is 20.5 Å². The number of hydrogen-bond acceptors (Lipinski definition) is 6. The summed E-state index contributed by atoms with van der Waals surface area (Å²) in [5.41, 5.74) is 7.27. The van der Waals surface area contributed by atoms with Gasteiger partial charge in [-0.15, -0.1) is 11.3 Å².